The third-order valence-corrected chi connectivity index (χ3v) is 6.15. The molecule has 0 aliphatic heterocycles. The molecule has 2 aromatic rings. The van der Waals surface area contributed by atoms with E-state index in [2.05, 4.69) is 16.2 Å². The van der Waals surface area contributed by atoms with E-state index in [1.807, 2.05) is 13.8 Å². The molecule has 0 saturated carbocycles. The molecule has 9 heteroatoms. The summed E-state index contributed by atoms with van der Waals surface area (Å²) in [5.41, 5.74) is 6.54. The number of pyridine rings is 1. The minimum Gasteiger partial charge on any atom is -0.390 e. The minimum absolute atomic E-state index is 0.0227. The van der Waals surface area contributed by atoms with Crippen molar-refractivity contribution in [3.8, 4) is 12.3 Å². The molecule has 0 fully saturated rings. The zero-order chi connectivity index (χ0) is 28.1. The second kappa shape index (κ2) is 15.5. The fourth-order valence-electron chi connectivity index (χ4n) is 4.20. The molecule has 0 aliphatic carbocycles. The molecular weight excluding hydrogens is 484 g/mol. The lowest BCUT2D eigenvalue weighted by Crippen LogP contribution is -2.50. The third kappa shape index (κ3) is 8.98. The molecule has 38 heavy (non-hydrogen) atoms. The Hall–Kier alpha value is -3.74. The Bertz CT molecular complexity index is 1110. The summed E-state index contributed by atoms with van der Waals surface area (Å²) >= 11 is 0. The number of aliphatic hydroxyl groups excluding tert-OH is 2. The second-order valence-electron chi connectivity index (χ2n) is 9.25. The number of unbranched alkanes of at least 4 members (excludes halogenated alkanes) is 1. The van der Waals surface area contributed by atoms with Crippen molar-refractivity contribution < 1.29 is 24.6 Å². The highest BCUT2D eigenvalue weighted by Gasteiger charge is 2.29. The quantitative estimate of drug-likeness (QED) is 0.209. The first-order valence-electron chi connectivity index (χ1n) is 12.9. The first kappa shape index (κ1) is 30.5. The zero-order valence-electron chi connectivity index (χ0n) is 22.1. The van der Waals surface area contributed by atoms with Gasteiger partial charge in [-0.25, -0.2) is 0 Å². The van der Waals surface area contributed by atoms with E-state index >= 15 is 0 Å². The van der Waals surface area contributed by atoms with Crippen LogP contribution in [0.25, 0.3) is 0 Å². The van der Waals surface area contributed by atoms with E-state index in [0.29, 0.717) is 25.9 Å². The number of amides is 3. The van der Waals surface area contributed by atoms with Gasteiger partial charge in [-0.15, -0.1) is 12.3 Å². The van der Waals surface area contributed by atoms with Gasteiger partial charge in [0.25, 0.3) is 11.8 Å². The summed E-state index contributed by atoms with van der Waals surface area (Å²) in [6, 6.07) is 6.74. The highest BCUT2D eigenvalue weighted by Crippen LogP contribution is 2.17. The van der Waals surface area contributed by atoms with Crippen LogP contribution >= 0.6 is 0 Å². The largest absolute Gasteiger partial charge is 0.390 e. The summed E-state index contributed by atoms with van der Waals surface area (Å²) < 4.78 is 0. The summed E-state index contributed by atoms with van der Waals surface area (Å²) in [5, 5.41) is 24.3. The number of benzene rings is 1. The summed E-state index contributed by atoms with van der Waals surface area (Å²) in [4.78, 5) is 44.3. The number of hydrogen-bond donors (Lipinski definition) is 4. The van der Waals surface area contributed by atoms with Crippen molar-refractivity contribution in [1.82, 2.24) is 15.2 Å². The average Bonchev–Trinajstić information content (AvgIpc) is 2.92. The van der Waals surface area contributed by atoms with Gasteiger partial charge in [-0.05, 0) is 68.0 Å². The lowest BCUT2D eigenvalue weighted by atomic mass is 9.95. The lowest BCUT2D eigenvalue weighted by molar-refractivity contribution is -0.00787. The molecule has 3 unspecified atom stereocenters. The maximum Gasteiger partial charge on any atom is 0.253 e. The van der Waals surface area contributed by atoms with E-state index < -0.39 is 30.1 Å². The Labute approximate surface area is 224 Å². The first-order chi connectivity index (χ1) is 18.2. The number of hydrogen-bond acceptors (Lipinski definition) is 6. The van der Waals surface area contributed by atoms with Crippen molar-refractivity contribution in [2.24, 2.45) is 5.73 Å². The molecule has 3 atom stereocenters. The van der Waals surface area contributed by atoms with Gasteiger partial charge in [0.15, 0.2) is 0 Å². The summed E-state index contributed by atoms with van der Waals surface area (Å²) in [6.07, 6.45) is 9.01. The number of aliphatic hydroxyl groups is 2. The number of terminal acetylenes is 1. The first-order valence-corrected chi connectivity index (χ1v) is 12.9. The second-order valence-corrected chi connectivity index (χ2v) is 9.25. The number of rotatable bonds is 15. The van der Waals surface area contributed by atoms with Crippen molar-refractivity contribution in [1.29, 1.82) is 0 Å². The van der Waals surface area contributed by atoms with Gasteiger partial charge >= 0.3 is 0 Å². The lowest BCUT2D eigenvalue weighted by Gasteiger charge is -2.28. The fourth-order valence-corrected chi connectivity index (χ4v) is 4.20. The van der Waals surface area contributed by atoms with Crippen LogP contribution in [0.3, 0.4) is 0 Å². The van der Waals surface area contributed by atoms with E-state index in [1.165, 1.54) is 18.2 Å². The highest BCUT2D eigenvalue weighted by atomic mass is 16.3. The molecule has 9 nitrogen and oxygen atoms in total. The Morgan fingerprint density at radius 3 is 2.24 bits per heavy atom. The fraction of sp³-hybridized carbons (Fsp3) is 0.448. The van der Waals surface area contributed by atoms with E-state index in [-0.39, 0.29) is 35.4 Å². The van der Waals surface area contributed by atoms with Gasteiger partial charge in [-0.1, -0.05) is 13.8 Å². The number of nitrogens with one attached hydrogen (secondary N) is 1. The maximum absolute atomic E-state index is 13.4. The number of carbonyl (C=O) groups is 3. The maximum atomic E-state index is 13.4. The molecule has 3 amide bonds. The predicted octanol–water partition coefficient (Wildman–Crippen LogP) is 2.31. The van der Waals surface area contributed by atoms with Gasteiger partial charge in [0.2, 0.25) is 5.91 Å². The van der Waals surface area contributed by atoms with Crippen LogP contribution in [0.5, 0.6) is 0 Å². The van der Waals surface area contributed by atoms with Crippen LogP contribution in [0.1, 0.15) is 82.6 Å². The van der Waals surface area contributed by atoms with Gasteiger partial charge in [-0.2, -0.15) is 0 Å². The monoisotopic (exact) mass is 522 g/mol. The molecule has 5 N–H and O–H groups in total. The topological polar surface area (TPSA) is 146 Å². The smallest absolute Gasteiger partial charge is 0.253 e. The van der Waals surface area contributed by atoms with Crippen LogP contribution in [-0.4, -0.2) is 69.2 Å². The van der Waals surface area contributed by atoms with Crippen molar-refractivity contribution in [2.75, 3.05) is 13.1 Å². The Morgan fingerprint density at radius 2 is 1.66 bits per heavy atom. The van der Waals surface area contributed by atoms with Gasteiger partial charge < -0.3 is 26.2 Å². The predicted molar refractivity (Wildman–Crippen MR) is 145 cm³/mol. The highest BCUT2D eigenvalue weighted by molar-refractivity contribution is 6.04. The van der Waals surface area contributed by atoms with Crippen molar-refractivity contribution in [3.05, 3.63) is 65.0 Å². The van der Waals surface area contributed by atoms with Crippen molar-refractivity contribution in [2.45, 2.75) is 70.6 Å². The Morgan fingerprint density at radius 1 is 1.05 bits per heavy atom. The van der Waals surface area contributed by atoms with Crippen LogP contribution < -0.4 is 11.1 Å². The van der Waals surface area contributed by atoms with E-state index in [4.69, 9.17) is 12.2 Å². The Kier molecular flexibility index (Phi) is 12.4. The molecule has 0 saturated heterocycles. The average molecular weight is 523 g/mol. The Balaban J connectivity index is 2.37. The van der Waals surface area contributed by atoms with Crippen LogP contribution in [0.2, 0.25) is 0 Å². The van der Waals surface area contributed by atoms with Gasteiger partial charge in [0.05, 0.1) is 12.1 Å². The van der Waals surface area contributed by atoms with E-state index in [1.54, 1.807) is 29.4 Å². The SMILES string of the molecule is C#CCCCC(O)C(O)C(Cc1ccncc1)NC(=O)c1cc(C(N)=O)cc(C(=O)N(CCC)CCC)c1. The molecular formula is C29H38N4O5. The van der Waals surface area contributed by atoms with E-state index in [9.17, 15) is 24.6 Å². The molecule has 0 spiro atoms. The molecule has 0 radical (unpaired) electrons. The standard InChI is InChI=1S/C29H38N4O5/c1-4-7-8-9-25(34)26(35)24(16-20-10-12-31-13-11-20)32-28(37)22-17-21(27(30)36)18-23(19-22)29(38)33(14-5-2)15-6-3/h1,10-13,17-19,24-26,34-35H,5-9,14-16H2,2-3H3,(H2,30,36)(H,32,37). The number of nitrogens with two attached hydrogens (primary N) is 1. The van der Waals surface area contributed by atoms with Crippen LogP contribution in [0.4, 0.5) is 0 Å². The number of nitrogens with zero attached hydrogens (tertiary/aromatic N) is 2. The van der Waals surface area contributed by atoms with Crippen molar-refractivity contribution in [3.63, 3.8) is 0 Å². The molecule has 1 aromatic heterocycles. The molecule has 0 bridgehead atoms. The van der Waals surface area contributed by atoms with Crippen LogP contribution in [0, 0.1) is 12.3 Å². The summed E-state index contributed by atoms with van der Waals surface area (Å²) in [6.45, 7) is 4.99. The van der Waals surface area contributed by atoms with E-state index in [0.717, 1.165) is 18.4 Å². The van der Waals surface area contributed by atoms with Gasteiger partial charge in [0.1, 0.15) is 6.10 Å². The van der Waals surface area contributed by atoms with Gasteiger partial charge in [-0.3, -0.25) is 19.4 Å². The normalized spacial score (nSPS) is 13.1. The third-order valence-electron chi connectivity index (χ3n) is 6.15. The summed E-state index contributed by atoms with van der Waals surface area (Å²) in [5.74, 6) is 0.805. The zero-order valence-corrected chi connectivity index (χ0v) is 22.1. The van der Waals surface area contributed by atoms with Crippen molar-refractivity contribution >= 4 is 17.7 Å². The van der Waals surface area contributed by atoms with Crippen LogP contribution in [-0.2, 0) is 6.42 Å². The minimum atomic E-state index is -1.30. The van der Waals surface area contributed by atoms with Crippen LogP contribution in [0.15, 0.2) is 42.7 Å². The molecule has 204 valence electrons. The number of carbonyl (C=O) groups excluding carboxylic acids is 3. The molecule has 1 aromatic carbocycles. The molecule has 2 rings (SSSR count). The summed E-state index contributed by atoms with van der Waals surface area (Å²) in [7, 11) is 0. The number of primary amides is 1. The van der Waals surface area contributed by atoms with Gasteiger partial charge in [0, 0.05) is 48.6 Å². The molecule has 1 heterocycles. The number of aromatic nitrogens is 1. The molecule has 0 aliphatic rings.